The molecule has 0 amide bonds. The molecule has 1 saturated carbocycles. The maximum atomic E-state index is 13.0. The maximum absolute atomic E-state index is 13.0. The Morgan fingerprint density at radius 2 is 1.85 bits per heavy atom. The molecule has 0 spiro atoms. The number of carbonyl (C=O) groups excluding carboxylic acids is 1. The van der Waals surface area contributed by atoms with Crippen molar-refractivity contribution in [3.63, 3.8) is 0 Å². The summed E-state index contributed by atoms with van der Waals surface area (Å²) < 4.78 is 14.9. The predicted octanol–water partition coefficient (Wildman–Crippen LogP) is 4.65. The van der Waals surface area contributed by atoms with Crippen LogP contribution in [0.3, 0.4) is 0 Å². The van der Waals surface area contributed by atoms with Crippen molar-refractivity contribution in [3.8, 4) is 5.69 Å². The van der Waals surface area contributed by atoms with E-state index in [1.807, 2.05) is 41.9 Å². The number of halogens is 1. The lowest BCUT2D eigenvalue weighted by Crippen LogP contribution is -2.13. The van der Waals surface area contributed by atoms with Crippen molar-refractivity contribution in [1.29, 1.82) is 0 Å². The molecule has 0 unspecified atom stereocenters. The minimum absolute atomic E-state index is 0.0565. The highest BCUT2D eigenvalue weighted by molar-refractivity contribution is 8.00. The van der Waals surface area contributed by atoms with Crippen LogP contribution in [-0.4, -0.2) is 25.8 Å². The van der Waals surface area contributed by atoms with Crippen LogP contribution in [0, 0.1) is 5.82 Å². The van der Waals surface area contributed by atoms with Crippen molar-refractivity contribution >= 4 is 17.5 Å². The van der Waals surface area contributed by atoms with Crippen LogP contribution in [0.4, 0.5) is 4.39 Å². The molecule has 1 aliphatic rings. The molecule has 132 valence electrons. The van der Waals surface area contributed by atoms with Gasteiger partial charge in [-0.25, -0.2) is 14.1 Å². The molecular weight excluding hydrogens is 349 g/mol. The number of hydrogen-bond donors (Lipinski definition) is 0. The van der Waals surface area contributed by atoms with Gasteiger partial charge >= 0.3 is 0 Å². The molecule has 4 nitrogen and oxygen atoms in total. The number of thioether (sulfide) groups is 1. The highest BCUT2D eigenvalue weighted by Gasteiger charge is 2.31. The van der Waals surface area contributed by atoms with E-state index in [4.69, 9.17) is 0 Å². The molecule has 1 atom stereocenters. The van der Waals surface area contributed by atoms with Crippen molar-refractivity contribution < 1.29 is 9.18 Å². The number of para-hydroxylation sites is 1. The summed E-state index contributed by atoms with van der Waals surface area (Å²) in [6, 6.07) is 15.6. The van der Waals surface area contributed by atoms with Crippen LogP contribution in [-0.2, 0) is 0 Å². The zero-order valence-electron chi connectivity index (χ0n) is 14.3. The normalized spacial score (nSPS) is 15.0. The fraction of sp³-hybridized carbons (Fsp3) is 0.250. The average molecular weight is 367 g/mol. The highest BCUT2D eigenvalue weighted by atomic mass is 32.2. The number of aromatic nitrogens is 3. The number of ketones is 1. The molecule has 0 radical (unpaired) electrons. The van der Waals surface area contributed by atoms with Crippen molar-refractivity contribution in [2.24, 2.45) is 0 Å². The van der Waals surface area contributed by atoms with Crippen LogP contribution in [0.25, 0.3) is 5.69 Å². The lowest BCUT2D eigenvalue weighted by atomic mass is 10.1. The van der Waals surface area contributed by atoms with E-state index in [2.05, 4.69) is 10.1 Å². The van der Waals surface area contributed by atoms with E-state index < -0.39 is 0 Å². The minimum atomic E-state index is -0.348. The molecule has 1 aromatic heterocycles. The Morgan fingerprint density at radius 3 is 2.50 bits per heavy atom. The standard InChI is InChI=1S/C20H18FN3OS/c1-13(18(25)14-9-11-16(21)12-10-14)26-20-22-19(15-7-8-15)24(23-20)17-5-3-2-4-6-17/h2-6,9-13,15H,7-8H2,1H3/t13-/m1/s1. The molecule has 3 aromatic rings. The van der Waals surface area contributed by atoms with Gasteiger partial charge in [0.1, 0.15) is 11.6 Å². The SMILES string of the molecule is C[C@@H](Sc1nc(C2CC2)n(-c2ccccc2)n1)C(=O)c1ccc(F)cc1. The summed E-state index contributed by atoms with van der Waals surface area (Å²) in [7, 11) is 0. The maximum Gasteiger partial charge on any atom is 0.209 e. The summed E-state index contributed by atoms with van der Waals surface area (Å²) in [6.45, 7) is 1.83. The molecule has 0 N–H and O–H groups in total. The highest BCUT2D eigenvalue weighted by Crippen LogP contribution is 2.40. The van der Waals surface area contributed by atoms with Gasteiger partial charge in [0.05, 0.1) is 10.9 Å². The first-order chi connectivity index (χ1) is 12.6. The quantitative estimate of drug-likeness (QED) is 0.470. The first-order valence-corrected chi connectivity index (χ1v) is 9.48. The molecular formula is C20H18FN3OS. The Balaban J connectivity index is 1.56. The molecule has 26 heavy (non-hydrogen) atoms. The first-order valence-electron chi connectivity index (χ1n) is 8.60. The largest absolute Gasteiger partial charge is 0.293 e. The number of carbonyl (C=O) groups is 1. The van der Waals surface area contributed by atoms with E-state index in [9.17, 15) is 9.18 Å². The van der Waals surface area contributed by atoms with Gasteiger partial charge in [0.15, 0.2) is 5.78 Å². The zero-order valence-corrected chi connectivity index (χ0v) is 15.1. The van der Waals surface area contributed by atoms with E-state index in [0.717, 1.165) is 24.4 Å². The summed E-state index contributed by atoms with van der Waals surface area (Å²) in [5.41, 5.74) is 1.47. The van der Waals surface area contributed by atoms with Crippen molar-refractivity contribution in [2.75, 3.05) is 0 Å². The van der Waals surface area contributed by atoms with Gasteiger partial charge in [-0.05, 0) is 56.2 Å². The molecule has 0 aliphatic heterocycles. The Kier molecular flexibility index (Phi) is 4.59. The van der Waals surface area contributed by atoms with E-state index >= 15 is 0 Å². The summed E-state index contributed by atoms with van der Waals surface area (Å²) >= 11 is 1.34. The summed E-state index contributed by atoms with van der Waals surface area (Å²) in [5, 5.41) is 4.88. The minimum Gasteiger partial charge on any atom is -0.293 e. The monoisotopic (exact) mass is 367 g/mol. The topological polar surface area (TPSA) is 47.8 Å². The van der Waals surface area contributed by atoms with Gasteiger partial charge in [-0.2, -0.15) is 0 Å². The molecule has 0 saturated heterocycles. The van der Waals surface area contributed by atoms with Crippen LogP contribution < -0.4 is 0 Å². The van der Waals surface area contributed by atoms with E-state index in [1.54, 1.807) is 0 Å². The van der Waals surface area contributed by atoms with Crippen LogP contribution in [0.1, 0.15) is 41.9 Å². The zero-order chi connectivity index (χ0) is 18.1. The van der Waals surface area contributed by atoms with Gasteiger partial charge in [0.2, 0.25) is 5.16 Å². The van der Waals surface area contributed by atoms with Gasteiger partial charge in [0, 0.05) is 11.5 Å². The Morgan fingerprint density at radius 1 is 1.15 bits per heavy atom. The van der Waals surface area contributed by atoms with Gasteiger partial charge in [0.25, 0.3) is 0 Å². The second kappa shape index (κ2) is 7.03. The molecule has 6 heteroatoms. The number of nitrogens with zero attached hydrogens (tertiary/aromatic N) is 3. The third-order valence-electron chi connectivity index (χ3n) is 4.34. The van der Waals surface area contributed by atoms with E-state index in [0.29, 0.717) is 16.6 Å². The first kappa shape index (κ1) is 17.0. The summed E-state index contributed by atoms with van der Waals surface area (Å²) in [4.78, 5) is 17.2. The van der Waals surface area contributed by atoms with Crippen LogP contribution in [0.15, 0.2) is 59.8 Å². The van der Waals surface area contributed by atoms with Crippen LogP contribution in [0.2, 0.25) is 0 Å². The third-order valence-corrected chi connectivity index (χ3v) is 5.29. The summed E-state index contributed by atoms with van der Waals surface area (Å²) in [6.07, 6.45) is 2.25. The number of benzene rings is 2. The number of rotatable bonds is 6. The average Bonchev–Trinajstić information content (AvgIpc) is 3.43. The van der Waals surface area contributed by atoms with Gasteiger partial charge in [-0.3, -0.25) is 4.79 Å². The Bertz CT molecular complexity index is 920. The fourth-order valence-electron chi connectivity index (χ4n) is 2.78. The van der Waals surface area contributed by atoms with Crippen molar-refractivity contribution in [1.82, 2.24) is 14.8 Å². The second-order valence-corrected chi connectivity index (χ2v) is 7.71. The predicted molar refractivity (Wildman–Crippen MR) is 99.4 cm³/mol. The second-order valence-electron chi connectivity index (χ2n) is 6.41. The van der Waals surface area contributed by atoms with Crippen molar-refractivity contribution in [2.45, 2.75) is 36.1 Å². The van der Waals surface area contributed by atoms with E-state index in [-0.39, 0.29) is 16.9 Å². The van der Waals surface area contributed by atoms with Crippen molar-refractivity contribution in [3.05, 3.63) is 71.8 Å². The molecule has 0 bridgehead atoms. The Labute approximate surface area is 155 Å². The lowest BCUT2D eigenvalue weighted by Gasteiger charge is -2.07. The van der Waals surface area contributed by atoms with Gasteiger partial charge in [-0.1, -0.05) is 30.0 Å². The summed E-state index contributed by atoms with van der Waals surface area (Å²) in [5.74, 6) is 0.999. The number of Topliss-reactive ketones (excluding diaryl/α,β-unsaturated/α-hetero) is 1. The van der Waals surface area contributed by atoms with Crippen LogP contribution >= 0.6 is 11.8 Å². The smallest absolute Gasteiger partial charge is 0.209 e. The third kappa shape index (κ3) is 3.55. The number of hydrogen-bond acceptors (Lipinski definition) is 4. The lowest BCUT2D eigenvalue weighted by molar-refractivity contribution is 0.0994. The van der Waals surface area contributed by atoms with Gasteiger partial charge < -0.3 is 0 Å². The van der Waals surface area contributed by atoms with Crippen LogP contribution in [0.5, 0.6) is 0 Å². The molecule has 1 aliphatic carbocycles. The van der Waals surface area contributed by atoms with E-state index in [1.165, 1.54) is 36.0 Å². The fourth-order valence-corrected chi connectivity index (χ4v) is 3.61. The molecule has 1 fully saturated rings. The molecule has 1 heterocycles. The molecule has 2 aromatic carbocycles. The Hall–Kier alpha value is -2.47. The molecule has 4 rings (SSSR count). The van der Waals surface area contributed by atoms with Gasteiger partial charge in [-0.15, -0.1) is 5.10 Å².